The Kier molecular flexibility index (Phi) is 5.64. The van der Waals surface area contributed by atoms with E-state index < -0.39 is 5.97 Å². The van der Waals surface area contributed by atoms with Gasteiger partial charge in [-0.2, -0.15) is 0 Å². The largest absolute Gasteiger partial charge is 0.478 e. The highest BCUT2D eigenvalue weighted by Crippen LogP contribution is 2.08. The van der Waals surface area contributed by atoms with Crippen molar-refractivity contribution in [3.05, 3.63) is 41.5 Å². The second-order valence-electron chi connectivity index (χ2n) is 3.72. The molecule has 0 aliphatic rings. The highest BCUT2D eigenvalue weighted by molar-refractivity contribution is 5.85. The van der Waals surface area contributed by atoms with Gasteiger partial charge >= 0.3 is 11.9 Å². The van der Waals surface area contributed by atoms with E-state index in [1.165, 1.54) is 6.08 Å². The van der Waals surface area contributed by atoms with E-state index in [1.54, 1.807) is 6.92 Å². The third kappa shape index (κ3) is 5.30. The van der Waals surface area contributed by atoms with Crippen molar-refractivity contribution in [3.63, 3.8) is 0 Å². The van der Waals surface area contributed by atoms with Gasteiger partial charge in [-0.1, -0.05) is 24.3 Å². The van der Waals surface area contributed by atoms with E-state index in [0.717, 1.165) is 17.2 Å². The van der Waals surface area contributed by atoms with Crippen LogP contribution in [0.1, 0.15) is 24.5 Å². The smallest absolute Gasteiger partial charge is 0.328 e. The summed E-state index contributed by atoms with van der Waals surface area (Å²) in [5.41, 5.74) is 1.84. The van der Waals surface area contributed by atoms with Gasteiger partial charge < -0.3 is 9.84 Å². The lowest BCUT2D eigenvalue weighted by Gasteiger charge is -2.02. The number of hydrogen-bond acceptors (Lipinski definition) is 3. The second-order valence-corrected chi connectivity index (χ2v) is 3.72. The molecule has 0 aromatic heterocycles. The summed E-state index contributed by atoms with van der Waals surface area (Å²) >= 11 is 0. The van der Waals surface area contributed by atoms with Gasteiger partial charge in [0.05, 0.1) is 6.61 Å². The third-order valence-electron chi connectivity index (χ3n) is 2.32. The fraction of sp³-hybridized carbons (Fsp3) is 0.286. The van der Waals surface area contributed by atoms with E-state index >= 15 is 0 Å². The molecule has 4 nitrogen and oxygen atoms in total. The molecule has 1 N–H and O–H groups in total. The number of aryl methyl sites for hydroxylation is 1. The Morgan fingerprint density at radius 3 is 2.50 bits per heavy atom. The number of carboxylic acids is 1. The molecule has 0 amide bonds. The van der Waals surface area contributed by atoms with Crippen LogP contribution in [0, 0.1) is 0 Å². The number of esters is 1. The predicted molar refractivity (Wildman–Crippen MR) is 68.1 cm³/mol. The van der Waals surface area contributed by atoms with Crippen LogP contribution in [0.15, 0.2) is 30.3 Å². The summed E-state index contributed by atoms with van der Waals surface area (Å²) in [5, 5.41) is 8.49. The lowest BCUT2D eigenvalue weighted by atomic mass is 10.1. The molecule has 0 saturated carbocycles. The van der Waals surface area contributed by atoms with Crippen LogP contribution in [0.25, 0.3) is 6.08 Å². The number of rotatable bonds is 6. The number of ether oxygens (including phenoxy) is 1. The Morgan fingerprint density at radius 2 is 1.94 bits per heavy atom. The average molecular weight is 248 g/mol. The third-order valence-corrected chi connectivity index (χ3v) is 2.32. The van der Waals surface area contributed by atoms with Crippen molar-refractivity contribution in [1.29, 1.82) is 0 Å². The minimum atomic E-state index is -0.971. The number of aliphatic carboxylic acids is 1. The molecule has 96 valence electrons. The molecule has 0 unspecified atom stereocenters. The maximum absolute atomic E-state index is 11.2. The lowest BCUT2D eigenvalue weighted by molar-refractivity contribution is -0.143. The molecule has 0 atom stereocenters. The number of carbonyl (C=O) groups is 2. The summed E-state index contributed by atoms with van der Waals surface area (Å²) in [6.45, 7) is 2.18. The Balaban J connectivity index is 2.50. The molecule has 0 radical (unpaired) electrons. The van der Waals surface area contributed by atoms with E-state index in [9.17, 15) is 9.59 Å². The molecule has 0 aliphatic carbocycles. The molecule has 1 aromatic rings. The second kappa shape index (κ2) is 7.27. The van der Waals surface area contributed by atoms with Gasteiger partial charge in [0, 0.05) is 12.5 Å². The van der Waals surface area contributed by atoms with Gasteiger partial charge in [-0.25, -0.2) is 4.79 Å². The monoisotopic (exact) mass is 248 g/mol. The van der Waals surface area contributed by atoms with Crippen molar-refractivity contribution < 1.29 is 19.4 Å². The zero-order chi connectivity index (χ0) is 13.4. The topological polar surface area (TPSA) is 63.6 Å². The number of benzene rings is 1. The highest BCUT2D eigenvalue weighted by atomic mass is 16.5. The van der Waals surface area contributed by atoms with Gasteiger partial charge in [0.25, 0.3) is 0 Å². The van der Waals surface area contributed by atoms with Crippen molar-refractivity contribution in [3.8, 4) is 0 Å². The maximum Gasteiger partial charge on any atom is 0.328 e. The van der Waals surface area contributed by atoms with Crippen molar-refractivity contribution in [2.75, 3.05) is 6.61 Å². The van der Waals surface area contributed by atoms with Crippen molar-refractivity contribution in [2.24, 2.45) is 0 Å². The zero-order valence-corrected chi connectivity index (χ0v) is 10.3. The average Bonchev–Trinajstić information content (AvgIpc) is 2.35. The molecule has 0 bridgehead atoms. The molecule has 0 saturated heterocycles. The Hall–Kier alpha value is -2.10. The Labute approximate surface area is 106 Å². The van der Waals surface area contributed by atoms with Crippen LogP contribution in [0.5, 0.6) is 0 Å². The van der Waals surface area contributed by atoms with Gasteiger partial charge in [0.2, 0.25) is 0 Å². The van der Waals surface area contributed by atoms with Crippen LogP contribution in [0.2, 0.25) is 0 Å². The van der Waals surface area contributed by atoms with Crippen LogP contribution in [-0.2, 0) is 20.7 Å². The number of carbonyl (C=O) groups excluding carboxylic acids is 1. The summed E-state index contributed by atoms with van der Waals surface area (Å²) in [6, 6.07) is 7.39. The van der Waals surface area contributed by atoms with Gasteiger partial charge in [-0.3, -0.25) is 4.79 Å². The Bertz CT molecular complexity index is 432. The van der Waals surface area contributed by atoms with E-state index in [4.69, 9.17) is 9.84 Å². The molecule has 0 heterocycles. The summed E-state index contributed by atoms with van der Waals surface area (Å²) in [4.78, 5) is 21.5. The first-order chi connectivity index (χ1) is 8.61. The fourth-order valence-electron chi connectivity index (χ4n) is 1.44. The molecule has 4 heteroatoms. The molecule has 18 heavy (non-hydrogen) atoms. The van der Waals surface area contributed by atoms with Crippen molar-refractivity contribution in [1.82, 2.24) is 0 Å². The first-order valence-corrected chi connectivity index (χ1v) is 5.77. The number of hydrogen-bond donors (Lipinski definition) is 1. The summed E-state index contributed by atoms with van der Waals surface area (Å²) in [5.74, 6) is -1.17. The van der Waals surface area contributed by atoms with Crippen molar-refractivity contribution in [2.45, 2.75) is 19.8 Å². The van der Waals surface area contributed by atoms with Crippen LogP contribution in [0.3, 0.4) is 0 Å². The van der Waals surface area contributed by atoms with Crippen LogP contribution >= 0.6 is 0 Å². The SMILES string of the molecule is CCOC(=O)CCc1ccc(C=CC(=O)O)cc1. The molecule has 1 aromatic carbocycles. The quantitative estimate of drug-likeness (QED) is 0.619. The maximum atomic E-state index is 11.2. The minimum Gasteiger partial charge on any atom is -0.478 e. The number of carboxylic acid groups (broad SMARTS) is 1. The van der Waals surface area contributed by atoms with Gasteiger partial charge in [-0.15, -0.1) is 0 Å². The normalized spacial score (nSPS) is 10.5. The van der Waals surface area contributed by atoms with E-state index in [2.05, 4.69) is 0 Å². The van der Waals surface area contributed by atoms with E-state index in [-0.39, 0.29) is 5.97 Å². The minimum absolute atomic E-state index is 0.202. The van der Waals surface area contributed by atoms with Gasteiger partial charge in [0.15, 0.2) is 0 Å². The molecular formula is C14H16O4. The summed E-state index contributed by atoms with van der Waals surface area (Å²) < 4.78 is 4.84. The summed E-state index contributed by atoms with van der Waals surface area (Å²) in [7, 11) is 0. The first-order valence-electron chi connectivity index (χ1n) is 5.77. The van der Waals surface area contributed by atoms with Crippen LogP contribution in [-0.4, -0.2) is 23.7 Å². The zero-order valence-electron chi connectivity index (χ0n) is 10.3. The van der Waals surface area contributed by atoms with Crippen molar-refractivity contribution >= 4 is 18.0 Å². The molecule has 0 spiro atoms. The van der Waals surface area contributed by atoms with Crippen LogP contribution < -0.4 is 0 Å². The van der Waals surface area contributed by atoms with Gasteiger partial charge in [0.1, 0.15) is 0 Å². The molecule has 0 aliphatic heterocycles. The lowest BCUT2D eigenvalue weighted by Crippen LogP contribution is -2.05. The molecular weight excluding hydrogens is 232 g/mol. The fourth-order valence-corrected chi connectivity index (χ4v) is 1.44. The highest BCUT2D eigenvalue weighted by Gasteiger charge is 2.02. The standard InChI is InChI=1S/C14H16O4/c1-2-18-14(17)10-8-12-5-3-11(4-6-12)7-9-13(15)16/h3-7,9H,2,8,10H2,1H3,(H,15,16). The van der Waals surface area contributed by atoms with E-state index in [1.807, 2.05) is 24.3 Å². The molecule has 1 rings (SSSR count). The van der Waals surface area contributed by atoms with Gasteiger partial charge in [-0.05, 0) is 30.5 Å². The molecule has 0 fully saturated rings. The van der Waals surface area contributed by atoms with E-state index in [0.29, 0.717) is 19.4 Å². The van der Waals surface area contributed by atoms with Crippen LogP contribution in [0.4, 0.5) is 0 Å². The summed E-state index contributed by atoms with van der Waals surface area (Å²) in [6.07, 6.45) is 3.60. The Morgan fingerprint density at radius 1 is 1.28 bits per heavy atom. The predicted octanol–water partition coefficient (Wildman–Crippen LogP) is 2.28. The first kappa shape index (κ1) is 14.0.